The number of rotatable bonds is 0. The second-order valence-electron chi connectivity index (χ2n) is 2.70. The van der Waals surface area contributed by atoms with Crippen LogP contribution in [0.5, 0.6) is 0 Å². The van der Waals surface area contributed by atoms with Crippen LogP contribution in [0.3, 0.4) is 0 Å². The third-order valence-electron chi connectivity index (χ3n) is 1.86. The number of hydrogen-bond donors (Lipinski definition) is 1. The van der Waals surface area contributed by atoms with E-state index in [9.17, 15) is 0 Å². The van der Waals surface area contributed by atoms with Gasteiger partial charge < -0.3 is 5.32 Å². The summed E-state index contributed by atoms with van der Waals surface area (Å²) in [4.78, 5) is 0. The van der Waals surface area contributed by atoms with Gasteiger partial charge in [-0.05, 0) is 17.4 Å². The number of hydrogen-bond acceptors (Lipinski definition) is 1. The minimum absolute atomic E-state index is 0.578. The van der Waals surface area contributed by atoms with E-state index in [0.29, 0.717) is 10.0 Å². The van der Waals surface area contributed by atoms with Crippen molar-refractivity contribution in [2.75, 3.05) is 0 Å². The van der Waals surface area contributed by atoms with Crippen molar-refractivity contribution in [3.05, 3.63) is 44.9 Å². The first-order valence-electron chi connectivity index (χ1n) is 3.86. The molecule has 2 rings (SSSR count). The fourth-order valence-corrected chi connectivity index (χ4v) is 1.60. The molecule has 13 heavy (non-hydrogen) atoms. The Hall–Kier alpha value is -0.920. The maximum Gasteiger partial charge on any atom is 0.0685 e. The van der Waals surface area contributed by atoms with E-state index in [4.69, 9.17) is 23.2 Å². The molecule has 1 nitrogen and oxygen atoms in total. The van der Waals surface area contributed by atoms with Gasteiger partial charge >= 0.3 is 0 Å². The normalized spacial score (nSPS) is 13.4. The minimum Gasteiger partial charge on any atom is -0.367 e. The highest BCUT2D eigenvalue weighted by atomic mass is 35.5. The highest BCUT2D eigenvalue weighted by Gasteiger charge is 1.99. The van der Waals surface area contributed by atoms with Gasteiger partial charge in [-0.1, -0.05) is 35.3 Å². The zero-order chi connectivity index (χ0) is 9.26. The van der Waals surface area contributed by atoms with E-state index in [2.05, 4.69) is 5.32 Å². The van der Waals surface area contributed by atoms with Crippen LogP contribution in [0, 0.1) is 0 Å². The third-order valence-corrected chi connectivity index (χ3v) is 2.68. The first-order valence-corrected chi connectivity index (χ1v) is 4.62. The standard InChI is InChI=1S/C10H7Cl2N/c11-9-4-3-7-2-1-5-13-6-8(7)10(9)12/h1-6,13H. The van der Waals surface area contributed by atoms with Crippen LogP contribution in [-0.2, 0) is 0 Å². The van der Waals surface area contributed by atoms with Gasteiger partial charge in [-0.15, -0.1) is 0 Å². The Morgan fingerprint density at radius 1 is 1.15 bits per heavy atom. The first kappa shape index (κ1) is 8.67. The molecular formula is C10H7Cl2N. The van der Waals surface area contributed by atoms with Gasteiger partial charge in [0.25, 0.3) is 0 Å². The molecule has 1 aromatic carbocycles. The molecule has 0 amide bonds. The van der Waals surface area contributed by atoms with Crippen molar-refractivity contribution < 1.29 is 0 Å². The lowest BCUT2D eigenvalue weighted by Gasteiger charge is -1.96. The van der Waals surface area contributed by atoms with Gasteiger partial charge in [0.15, 0.2) is 0 Å². The maximum atomic E-state index is 6.03. The molecule has 0 spiro atoms. The Morgan fingerprint density at radius 3 is 2.85 bits per heavy atom. The summed E-state index contributed by atoms with van der Waals surface area (Å²) in [6, 6.07) is 3.74. The smallest absolute Gasteiger partial charge is 0.0685 e. The molecule has 0 aromatic heterocycles. The molecule has 0 saturated carbocycles. The van der Waals surface area contributed by atoms with Crippen molar-refractivity contribution >= 4 is 35.5 Å². The van der Waals surface area contributed by atoms with Crippen molar-refractivity contribution in [3.8, 4) is 0 Å². The van der Waals surface area contributed by atoms with Gasteiger partial charge in [0, 0.05) is 17.6 Å². The van der Waals surface area contributed by atoms with Crippen molar-refractivity contribution in [2.45, 2.75) is 0 Å². The largest absolute Gasteiger partial charge is 0.367 e. The summed E-state index contributed by atoms with van der Waals surface area (Å²) in [7, 11) is 0. The lowest BCUT2D eigenvalue weighted by Crippen LogP contribution is -2.26. The fourth-order valence-electron chi connectivity index (χ4n) is 1.21. The topological polar surface area (TPSA) is 12.0 Å². The van der Waals surface area contributed by atoms with Gasteiger partial charge in [0.2, 0.25) is 0 Å². The first-order chi connectivity index (χ1) is 6.29. The van der Waals surface area contributed by atoms with Crippen LogP contribution < -0.4 is 15.8 Å². The Morgan fingerprint density at radius 2 is 2.00 bits per heavy atom. The second kappa shape index (κ2) is 3.44. The monoisotopic (exact) mass is 211 g/mol. The van der Waals surface area contributed by atoms with Gasteiger partial charge in [0.1, 0.15) is 0 Å². The molecule has 1 N–H and O–H groups in total. The Labute approximate surface area is 86.0 Å². The molecule has 66 valence electrons. The van der Waals surface area contributed by atoms with Crippen LogP contribution >= 0.6 is 23.2 Å². The number of fused-ring (bicyclic) bond motifs is 1. The van der Waals surface area contributed by atoms with Crippen LogP contribution in [0.2, 0.25) is 10.0 Å². The van der Waals surface area contributed by atoms with Crippen molar-refractivity contribution in [3.63, 3.8) is 0 Å². The van der Waals surface area contributed by atoms with E-state index < -0.39 is 0 Å². The molecule has 3 heteroatoms. The van der Waals surface area contributed by atoms with E-state index in [1.807, 2.05) is 30.6 Å². The minimum atomic E-state index is 0.578. The molecule has 0 fully saturated rings. The molecule has 1 aliphatic heterocycles. The average Bonchev–Trinajstić information content (AvgIpc) is 2.36. The number of allylic oxidation sites excluding steroid dienone is 1. The molecule has 0 aliphatic carbocycles. The molecule has 1 aromatic rings. The van der Waals surface area contributed by atoms with E-state index >= 15 is 0 Å². The highest BCUT2D eigenvalue weighted by molar-refractivity contribution is 6.42. The van der Waals surface area contributed by atoms with E-state index in [1.165, 1.54) is 0 Å². The number of benzene rings is 1. The Bertz CT molecular complexity index is 474. The van der Waals surface area contributed by atoms with E-state index in [-0.39, 0.29) is 0 Å². The van der Waals surface area contributed by atoms with Crippen molar-refractivity contribution in [1.29, 1.82) is 0 Å². The molecular weight excluding hydrogens is 205 g/mol. The highest BCUT2D eigenvalue weighted by Crippen LogP contribution is 2.14. The maximum absolute atomic E-state index is 6.03. The second-order valence-corrected chi connectivity index (χ2v) is 3.49. The molecule has 0 atom stereocenters. The van der Waals surface area contributed by atoms with E-state index in [0.717, 1.165) is 10.4 Å². The quantitative estimate of drug-likeness (QED) is 0.689. The summed E-state index contributed by atoms with van der Waals surface area (Å²) in [5.41, 5.74) is 0. The summed E-state index contributed by atoms with van der Waals surface area (Å²) in [6.45, 7) is 0. The van der Waals surface area contributed by atoms with Gasteiger partial charge in [-0.3, -0.25) is 0 Å². The molecule has 0 unspecified atom stereocenters. The summed E-state index contributed by atoms with van der Waals surface area (Å²) in [5.74, 6) is 0. The predicted octanol–water partition coefficient (Wildman–Crippen LogP) is 1.63. The zero-order valence-corrected chi connectivity index (χ0v) is 8.23. The van der Waals surface area contributed by atoms with Crippen LogP contribution in [0.15, 0.2) is 24.4 Å². The summed E-state index contributed by atoms with van der Waals surface area (Å²) < 4.78 is 0. The van der Waals surface area contributed by atoms with Crippen LogP contribution in [-0.4, -0.2) is 0 Å². The SMILES string of the molecule is Clc1ccc2c(c1Cl)=CNC=CC=2. The number of halogens is 2. The lowest BCUT2D eigenvalue weighted by atomic mass is 10.2. The van der Waals surface area contributed by atoms with Crippen molar-refractivity contribution in [1.82, 2.24) is 5.32 Å². The van der Waals surface area contributed by atoms with Crippen molar-refractivity contribution in [2.24, 2.45) is 0 Å². The summed E-state index contributed by atoms with van der Waals surface area (Å²) >= 11 is 11.9. The van der Waals surface area contributed by atoms with E-state index in [1.54, 1.807) is 6.07 Å². The van der Waals surface area contributed by atoms with Crippen LogP contribution in [0.25, 0.3) is 12.3 Å². The summed E-state index contributed by atoms with van der Waals surface area (Å²) in [5, 5.41) is 6.15. The predicted molar refractivity (Wildman–Crippen MR) is 56.9 cm³/mol. The van der Waals surface area contributed by atoms with Gasteiger partial charge in [-0.2, -0.15) is 0 Å². The zero-order valence-electron chi connectivity index (χ0n) is 6.72. The molecule has 1 heterocycles. The Balaban J connectivity index is 2.87. The number of nitrogens with one attached hydrogen (secondary N) is 1. The fraction of sp³-hybridized carbons (Fsp3) is 0. The van der Waals surface area contributed by atoms with Crippen LogP contribution in [0.4, 0.5) is 0 Å². The third kappa shape index (κ3) is 1.58. The molecule has 0 bridgehead atoms. The summed E-state index contributed by atoms with van der Waals surface area (Å²) in [6.07, 6.45) is 7.58. The van der Waals surface area contributed by atoms with Gasteiger partial charge in [0.05, 0.1) is 10.0 Å². The molecule has 0 saturated heterocycles. The van der Waals surface area contributed by atoms with Gasteiger partial charge in [-0.25, -0.2) is 0 Å². The lowest BCUT2D eigenvalue weighted by molar-refractivity contribution is 1.28. The Kier molecular flexibility index (Phi) is 2.30. The average molecular weight is 212 g/mol. The molecule has 1 aliphatic rings. The molecule has 0 radical (unpaired) electrons. The van der Waals surface area contributed by atoms with Crippen LogP contribution in [0.1, 0.15) is 0 Å².